The number of benzene rings is 2. The number of aromatic nitrogens is 3. The number of ether oxygens (including phenoxy) is 1. The third-order valence-electron chi connectivity index (χ3n) is 7.03. The molecule has 10 nitrogen and oxygen atoms in total. The van der Waals surface area contributed by atoms with Crippen molar-refractivity contribution < 1.29 is 14.3 Å². The summed E-state index contributed by atoms with van der Waals surface area (Å²) in [5.41, 5.74) is 3.45. The molecule has 1 saturated heterocycles. The normalized spacial score (nSPS) is 13.5. The lowest BCUT2D eigenvalue weighted by Gasteiger charge is -2.26. The summed E-state index contributed by atoms with van der Waals surface area (Å²) in [6.07, 6.45) is 1.59. The maximum Gasteiger partial charge on any atom is 0.293 e. The van der Waals surface area contributed by atoms with Crippen LogP contribution in [0.1, 0.15) is 47.1 Å². The van der Waals surface area contributed by atoms with Crippen molar-refractivity contribution in [2.75, 3.05) is 36.9 Å². The molecular formula is C32H34N6O4. The zero-order valence-corrected chi connectivity index (χ0v) is 24.2. The molecule has 4 aromatic rings. The fourth-order valence-electron chi connectivity index (χ4n) is 4.55. The molecule has 3 heterocycles. The maximum atomic E-state index is 12.9. The second kappa shape index (κ2) is 12.0. The van der Waals surface area contributed by atoms with E-state index in [2.05, 4.69) is 41.4 Å². The van der Waals surface area contributed by atoms with Crippen LogP contribution in [-0.4, -0.2) is 57.6 Å². The van der Waals surface area contributed by atoms with Crippen molar-refractivity contribution >= 4 is 29.1 Å². The second-order valence-corrected chi connectivity index (χ2v) is 11.2. The molecule has 0 aliphatic carbocycles. The van der Waals surface area contributed by atoms with Gasteiger partial charge in [-0.1, -0.05) is 39.0 Å². The minimum Gasteiger partial charge on any atom is -0.378 e. The Morgan fingerprint density at radius 2 is 1.52 bits per heavy atom. The summed E-state index contributed by atoms with van der Waals surface area (Å²) in [5, 5.41) is 5.91. The Morgan fingerprint density at radius 3 is 2.19 bits per heavy atom. The van der Waals surface area contributed by atoms with E-state index in [0.29, 0.717) is 60.3 Å². The van der Waals surface area contributed by atoms with Crippen molar-refractivity contribution in [1.29, 1.82) is 0 Å². The third kappa shape index (κ3) is 6.55. The number of hydrogen-bond donors (Lipinski definition) is 2. The van der Waals surface area contributed by atoms with Crippen LogP contribution in [0.5, 0.6) is 0 Å². The van der Waals surface area contributed by atoms with Gasteiger partial charge in [-0.25, -0.2) is 9.97 Å². The van der Waals surface area contributed by atoms with Gasteiger partial charge >= 0.3 is 0 Å². The van der Waals surface area contributed by atoms with Crippen LogP contribution in [0.25, 0.3) is 11.4 Å². The van der Waals surface area contributed by atoms with Gasteiger partial charge in [-0.3, -0.25) is 14.4 Å². The lowest BCUT2D eigenvalue weighted by Crippen LogP contribution is -2.40. The van der Waals surface area contributed by atoms with Gasteiger partial charge in [0, 0.05) is 43.1 Å². The van der Waals surface area contributed by atoms with E-state index in [4.69, 9.17) is 4.74 Å². The first kappa shape index (κ1) is 28.7. The number of anilines is 3. The van der Waals surface area contributed by atoms with Crippen LogP contribution in [-0.2, 0) is 17.2 Å². The highest BCUT2D eigenvalue weighted by molar-refractivity contribution is 6.03. The first-order valence-corrected chi connectivity index (χ1v) is 13.8. The summed E-state index contributed by atoms with van der Waals surface area (Å²) in [7, 11) is 1.63. The van der Waals surface area contributed by atoms with Gasteiger partial charge in [-0.15, -0.1) is 0 Å². The van der Waals surface area contributed by atoms with Crippen LogP contribution >= 0.6 is 0 Å². The first-order chi connectivity index (χ1) is 20.1. The zero-order chi connectivity index (χ0) is 29.9. The van der Waals surface area contributed by atoms with Crippen molar-refractivity contribution in [1.82, 2.24) is 19.4 Å². The van der Waals surface area contributed by atoms with Crippen molar-refractivity contribution in [2.24, 2.45) is 7.05 Å². The summed E-state index contributed by atoms with van der Waals surface area (Å²) in [6, 6.07) is 19.7. The van der Waals surface area contributed by atoms with Crippen LogP contribution in [0, 0.1) is 0 Å². The molecule has 42 heavy (non-hydrogen) atoms. The monoisotopic (exact) mass is 566 g/mol. The minimum absolute atomic E-state index is 0.00703. The average Bonchev–Trinajstić information content (AvgIpc) is 2.99. The Balaban J connectivity index is 1.32. The molecule has 2 N–H and O–H groups in total. The smallest absolute Gasteiger partial charge is 0.293 e. The molecule has 1 aliphatic rings. The van der Waals surface area contributed by atoms with Crippen molar-refractivity contribution in [3.8, 4) is 11.4 Å². The molecule has 1 fully saturated rings. The van der Waals surface area contributed by atoms with E-state index < -0.39 is 0 Å². The molecule has 1 aliphatic heterocycles. The zero-order valence-electron chi connectivity index (χ0n) is 24.2. The Bertz CT molecular complexity index is 1650. The van der Waals surface area contributed by atoms with Crippen LogP contribution in [0.2, 0.25) is 0 Å². The maximum absolute atomic E-state index is 12.9. The summed E-state index contributed by atoms with van der Waals surface area (Å²) < 4.78 is 6.74. The summed E-state index contributed by atoms with van der Waals surface area (Å²) >= 11 is 0. The van der Waals surface area contributed by atoms with Gasteiger partial charge in [-0.05, 0) is 59.5 Å². The fourth-order valence-corrected chi connectivity index (χ4v) is 4.55. The fraction of sp³-hybridized carbons (Fsp3) is 0.281. The number of nitrogens with one attached hydrogen (secondary N) is 2. The predicted octanol–water partition coefficient (Wildman–Crippen LogP) is 4.61. The first-order valence-electron chi connectivity index (χ1n) is 13.8. The van der Waals surface area contributed by atoms with E-state index >= 15 is 0 Å². The number of amides is 2. The number of carbonyl (C=O) groups is 2. The van der Waals surface area contributed by atoms with Gasteiger partial charge in [0.15, 0.2) is 5.82 Å². The van der Waals surface area contributed by atoms with E-state index in [-0.39, 0.29) is 28.6 Å². The molecular weight excluding hydrogens is 532 g/mol. The van der Waals surface area contributed by atoms with E-state index in [9.17, 15) is 14.4 Å². The van der Waals surface area contributed by atoms with Crippen molar-refractivity contribution in [3.05, 3.63) is 100.0 Å². The molecule has 10 heteroatoms. The number of carbonyl (C=O) groups excluding carboxylic acids is 2. The van der Waals surface area contributed by atoms with Gasteiger partial charge in [0.25, 0.3) is 17.4 Å². The Morgan fingerprint density at radius 1 is 0.857 bits per heavy atom. The van der Waals surface area contributed by atoms with Gasteiger partial charge in [0.2, 0.25) is 0 Å². The van der Waals surface area contributed by atoms with Crippen molar-refractivity contribution in [3.63, 3.8) is 0 Å². The Hall–Kier alpha value is -4.83. The number of pyridine rings is 1. The molecule has 2 aromatic carbocycles. The second-order valence-electron chi connectivity index (χ2n) is 11.2. The molecule has 216 valence electrons. The SMILES string of the molecule is Cn1cc(-c2cccc(NC(=O)c3ccc(C(C)(C)C)cc3)n2)nc(Nc2ccc(C(=O)N3CCOCC3)cc2)c1=O. The number of morpholine rings is 1. The van der Waals surface area contributed by atoms with Crippen molar-refractivity contribution in [2.45, 2.75) is 26.2 Å². The molecule has 2 aromatic heterocycles. The van der Waals surface area contributed by atoms with Crippen LogP contribution in [0.3, 0.4) is 0 Å². The highest BCUT2D eigenvalue weighted by Gasteiger charge is 2.19. The topological polar surface area (TPSA) is 118 Å². The molecule has 5 rings (SSSR count). The Labute approximate surface area is 244 Å². The highest BCUT2D eigenvalue weighted by Crippen LogP contribution is 2.23. The van der Waals surface area contributed by atoms with E-state index in [1.807, 2.05) is 12.1 Å². The average molecular weight is 567 g/mol. The lowest BCUT2D eigenvalue weighted by molar-refractivity contribution is 0.0303. The number of hydrogen-bond acceptors (Lipinski definition) is 7. The summed E-state index contributed by atoms with van der Waals surface area (Å²) in [5.74, 6) is 0.146. The predicted molar refractivity (Wildman–Crippen MR) is 162 cm³/mol. The molecule has 0 spiro atoms. The number of nitrogens with zero attached hydrogens (tertiary/aromatic N) is 4. The molecule has 0 unspecified atom stereocenters. The highest BCUT2D eigenvalue weighted by atomic mass is 16.5. The minimum atomic E-state index is -0.324. The Kier molecular flexibility index (Phi) is 8.17. The van der Waals surface area contributed by atoms with Crippen LogP contribution in [0.4, 0.5) is 17.3 Å². The van der Waals surface area contributed by atoms with E-state index in [1.165, 1.54) is 4.57 Å². The molecule has 2 amide bonds. The van der Waals surface area contributed by atoms with Crippen LogP contribution < -0.4 is 16.2 Å². The molecule has 0 saturated carbocycles. The quantitative estimate of drug-likeness (QED) is 0.350. The number of rotatable bonds is 6. The summed E-state index contributed by atoms with van der Waals surface area (Å²) in [4.78, 5) is 49.4. The standard InChI is InChI=1S/C32H34N6O4/c1-32(2,3)23-12-8-21(9-13-23)29(39)36-27-7-5-6-25(34-27)26-20-37(4)31(41)28(35-26)33-24-14-10-22(11-15-24)30(40)38-16-18-42-19-17-38/h5-15,20H,16-19H2,1-4H3,(H,33,35)(H,34,36,39). The van der Waals surface area contributed by atoms with Gasteiger partial charge < -0.3 is 24.8 Å². The molecule has 0 atom stereocenters. The molecule has 0 radical (unpaired) electrons. The number of aryl methyl sites for hydroxylation is 1. The summed E-state index contributed by atoms with van der Waals surface area (Å²) in [6.45, 7) is 8.56. The van der Waals surface area contributed by atoms with Gasteiger partial charge in [-0.2, -0.15) is 0 Å². The molecule has 0 bridgehead atoms. The van der Waals surface area contributed by atoms with E-state index in [0.717, 1.165) is 5.56 Å². The third-order valence-corrected chi connectivity index (χ3v) is 7.03. The van der Waals surface area contributed by atoms with Gasteiger partial charge in [0.05, 0.1) is 18.9 Å². The van der Waals surface area contributed by atoms with Crippen LogP contribution in [0.15, 0.2) is 77.7 Å². The van der Waals surface area contributed by atoms with E-state index in [1.54, 1.807) is 72.7 Å². The van der Waals surface area contributed by atoms with Gasteiger partial charge in [0.1, 0.15) is 11.5 Å². The largest absolute Gasteiger partial charge is 0.378 e. The lowest BCUT2D eigenvalue weighted by atomic mass is 9.87.